The highest BCUT2D eigenvalue weighted by atomic mass is 28.4. The van der Waals surface area contributed by atoms with Gasteiger partial charge in [-0.15, -0.1) is 0 Å². The van der Waals surface area contributed by atoms with Crippen LogP contribution in [-0.4, -0.2) is 53.5 Å². The molecule has 0 aliphatic rings. The van der Waals surface area contributed by atoms with Crippen LogP contribution in [0.4, 0.5) is 0 Å². The molecule has 0 saturated carbocycles. The summed E-state index contributed by atoms with van der Waals surface area (Å²) in [5, 5.41) is 24.7. The minimum absolute atomic E-state index is 0.0448. The Balaban J connectivity index is 0. The average molecular weight is 469 g/mol. The van der Waals surface area contributed by atoms with Gasteiger partial charge >= 0.3 is 11.9 Å². The molecular formula is C21H36N2O6Si2. The number of nitriles is 2. The maximum atomic E-state index is 11.9. The fraction of sp³-hybridized carbons (Fsp3) is 0.619. The predicted molar refractivity (Wildman–Crippen MR) is 124 cm³/mol. The summed E-state index contributed by atoms with van der Waals surface area (Å²) in [6.07, 6.45) is 2.17. The third kappa shape index (κ3) is 15.2. The molecule has 0 amide bonds. The molecule has 0 atom stereocenters. The maximum Gasteiger partial charge on any atom is 0.348 e. The molecule has 0 aromatic heterocycles. The van der Waals surface area contributed by atoms with Crippen molar-refractivity contribution in [1.29, 1.82) is 10.5 Å². The summed E-state index contributed by atoms with van der Waals surface area (Å²) in [6.45, 7) is 16.8. The quantitative estimate of drug-likeness (QED) is 0.138. The lowest BCUT2D eigenvalue weighted by Crippen LogP contribution is -2.35. The Bertz CT molecular complexity index is 690. The molecule has 0 aliphatic heterocycles. The number of rotatable bonds is 13. The fourth-order valence-corrected chi connectivity index (χ4v) is 5.68. The number of carboxylic acid groups (broad SMARTS) is 1. The summed E-state index contributed by atoms with van der Waals surface area (Å²) in [5.74, 6) is -1.84. The van der Waals surface area contributed by atoms with E-state index in [1.54, 1.807) is 6.08 Å². The van der Waals surface area contributed by atoms with Crippen LogP contribution in [0.2, 0.25) is 37.8 Å². The maximum absolute atomic E-state index is 11.9. The summed E-state index contributed by atoms with van der Waals surface area (Å²) in [5.41, 5.74) is -0.386. The summed E-state index contributed by atoms with van der Waals surface area (Å²) in [7, 11) is -3.21. The second-order valence-corrected chi connectivity index (χ2v) is 16.9. The van der Waals surface area contributed by atoms with Gasteiger partial charge in [-0.25, -0.2) is 9.59 Å². The van der Waals surface area contributed by atoms with E-state index in [2.05, 4.69) is 47.0 Å². The second kappa shape index (κ2) is 16.4. The predicted octanol–water partition coefficient (Wildman–Crippen LogP) is 4.39. The Morgan fingerprint density at radius 1 is 0.968 bits per heavy atom. The van der Waals surface area contributed by atoms with Crippen LogP contribution in [0.15, 0.2) is 23.8 Å². The van der Waals surface area contributed by atoms with Gasteiger partial charge in [0.25, 0.3) is 0 Å². The molecule has 0 aromatic rings. The lowest BCUT2D eigenvalue weighted by Gasteiger charge is -2.27. The van der Waals surface area contributed by atoms with Gasteiger partial charge < -0.3 is 18.7 Å². The smallest absolute Gasteiger partial charge is 0.348 e. The van der Waals surface area contributed by atoms with Crippen molar-refractivity contribution in [2.75, 3.05) is 19.8 Å². The second-order valence-electron chi connectivity index (χ2n) is 7.60. The normalized spacial score (nSPS) is 11.4. The molecule has 0 unspecified atom stereocenters. The zero-order valence-electron chi connectivity index (χ0n) is 19.6. The van der Waals surface area contributed by atoms with Gasteiger partial charge in [0.15, 0.2) is 16.6 Å². The van der Waals surface area contributed by atoms with Crippen molar-refractivity contribution in [3.63, 3.8) is 0 Å². The monoisotopic (exact) mass is 468 g/mol. The molecule has 174 valence electrons. The van der Waals surface area contributed by atoms with Crippen molar-refractivity contribution in [3.8, 4) is 12.1 Å². The van der Waals surface area contributed by atoms with Gasteiger partial charge in [-0.3, -0.25) is 0 Å². The number of aliphatic carboxylic acids is 1. The first kappa shape index (κ1) is 30.9. The number of esters is 1. The molecule has 0 bridgehead atoms. The number of hydrogen-bond acceptors (Lipinski definition) is 7. The number of hydrogen-bond donors (Lipinski definition) is 1. The molecule has 0 radical (unpaired) electrons. The molecule has 1 N–H and O–H groups in total. The van der Waals surface area contributed by atoms with Gasteiger partial charge in [-0.05, 0) is 44.2 Å². The van der Waals surface area contributed by atoms with E-state index >= 15 is 0 Å². The lowest BCUT2D eigenvalue weighted by molar-refractivity contribution is -0.139. The Hall–Kier alpha value is -2.25. The van der Waals surface area contributed by atoms with Gasteiger partial charge in [-0.1, -0.05) is 33.4 Å². The summed E-state index contributed by atoms with van der Waals surface area (Å²) in [4.78, 5) is 21.5. The largest absolute Gasteiger partial charge is 0.477 e. The molecule has 31 heavy (non-hydrogen) atoms. The Labute approximate surface area is 188 Å². The topological polar surface area (TPSA) is 130 Å². The van der Waals surface area contributed by atoms with E-state index in [-0.39, 0.29) is 12.2 Å². The van der Waals surface area contributed by atoms with Crippen molar-refractivity contribution in [2.45, 2.75) is 65.0 Å². The van der Waals surface area contributed by atoms with Crippen LogP contribution in [-0.2, 0) is 23.2 Å². The van der Waals surface area contributed by atoms with Gasteiger partial charge in [0.1, 0.15) is 29.9 Å². The first-order valence-corrected chi connectivity index (χ1v) is 16.2. The van der Waals surface area contributed by atoms with Gasteiger partial charge in [0.05, 0.1) is 6.61 Å². The van der Waals surface area contributed by atoms with Crippen molar-refractivity contribution in [1.82, 2.24) is 0 Å². The molecule has 0 rings (SSSR count). The summed E-state index contributed by atoms with van der Waals surface area (Å²) < 4.78 is 16.8. The number of carbonyl (C=O) groups excluding carboxylic acids is 1. The molecule has 10 heteroatoms. The highest BCUT2D eigenvalue weighted by Crippen LogP contribution is 2.21. The zero-order chi connectivity index (χ0) is 24.5. The Kier molecular flexibility index (Phi) is 16.4. The van der Waals surface area contributed by atoms with E-state index < -0.39 is 34.1 Å². The van der Waals surface area contributed by atoms with Crippen LogP contribution in [0.25, 0.3) is 0 Å². The van der Waals surface area contributed by atoms with E-state index in [0.717, 1.165) is 18.1 Å². The molecular weight excluding hydrogens is 432 g/mol. The molecule has 8 nitrogen and oxygen atoms in total. The number of carboxylic acids is 1. The van der Waals surface area contributed by atoms with Gasteiger partial charge in [-0.2, -0.15) is 10.5 Å². The lowest BCUT2D eigenvalue weighted by atomic mass is 10.2. The summed E-state index contributed by atoms with van der Waals surface area (Å²) >= 11 is 0. The van der Waals surface area contributed by atoms with Gasteiger partial charge in [0, 0.05) is 6.61 Å². The third-order valence-corrected chi connectivity index (χ3v) is 10.1. The average Bonchev–Trinajstić information content (AvgIpc) is 2.73. The molecule has 0 aliphatic carbocycles. The van der Waals surface area contributed by atoms with Crippen molar-refractivity contribution >= 4 is 28.6 Å². The molecule has 0 aromatic carbocycles. The molecule has 0 fully saturated rings. The van der Waals surface area contributed by atoms with Crippen LogP contribution in [0.3, 0.4) is 0 Å². The molecule has 0 heterocycles. The zero-order valence-corrected chi connectivity index (χ0v) is 21.6. The van der Waals surface area contributed by atoms with E-state index in [1.165, 1.54) is 6.07 Å². The first-order valence-electron chi connectivity index (χ1n) is 10.3. The van der Waals surface area contributed by atoms with Crippen LogP contribution in [0.5, 0.6) is 0 Å². The third-order valence-electron chi connectivity index (χ3n) is 4.39. The van der Waals surface area contributed by atoms with Crippen molar-refractivity contribution < 1.29 is 28.3 Å². The van der Waals surface area contributed by atoms with Crippen LogP contribution < -0.4 is 0 Å². The van der Waals surface area contributed by atoms with Crippen LogP contribution in [0, 0.1) is 22.7 Å². The van der Waals surface area contributed by atoms with Crippen LogP contribution >= 0.6 is 0 Å². The first-order chi connectivity index (χ1) is 14.4. The van der Waals surface area contributed by atoms with Crippen molar-refractivity contribution in [2.24, 2.45) is 0 Å². The van der Waals surface area contributed by atoms with E-state index in [9.17, 15) is 9.59 Å². The van der Waals surface area contributed by atoms with Crippen LogP contribution in [0.1, 0.15) is 27.2 Å². The number of nitrogens with zero attached hydrogens (tertiary/aromatic N) is 2. The van der Waals surface area contributed by atoms with Crippen molar-refractivity contribution in [3.05, 3.63) is 23.8 Å². The molecule has 0 spiro atoms. The number of ether oxygens (including phenoxy) is 1. The van der Waals surface area contributed by atoms with E-state index in [4.69, 9.17) is 29.2 Å². The fourth-order valence-electron chi connectivity index (χ4n) is 2.32. The Morgan fingerprint density at radius 2 is 1.52 bits per heavy atom. The van der Waals surface area contributed by atoms with E-state index in [1.807, 2.05) is 6.07 Å². The highest BCUT2D eigenvalue weighted by Gasteiger charge is 2.28. The SMILES string of the molecule is C=C(C#N)C(=O)O.CC[Si](CC)(CC)OCCC=C(C#N)C(=O)OCCO[Si](C)(C)C. The highest BCUT2D eigenvalue weighted by molar-refractivity contribution is 6.73. The van der Waals surface area contributed by atoms with Gasteiger partial charge in [0.2, 0.25) is 0 Å². The Morgan fingerprint density at radius 3 is 1.87 bits per heavy atom. The molecule has 0 saturated heterocycles. The standard InChI is InChI=1S/C17H33NO4Si2.C4H3NO2/c1-7-24(8-2,9-3)22-12-10-11-16(15-18)17(19)20-13-14-21-23(4,5)6;1-3(2-5)4(6)7/h11H,7-10,12-14H2,1-6H3;1H2,(H,6,7). The minimum Gasteiger partial charge on any atom is -0.477 e. The van der Waals surface area contributed by atoms with E-state index in [0.29, 0.717) is 19.6 Å². The summed E-state index contributed by atoms with van der Waals surface area (Å²) in [6, 6.07) is 6.55. The number of carbonyl (C=O) groups is 2. The minimum atomic E-state index is -1.61.